The van der Waals surface area contributed by atoms with Crippen molar-refractivity contribution in [1.82, 2.24) is 5.32 Å². The average Bonchev–Trinajstić information content (AvgIpc) is 2.86. The lowest BCUT2D eigenvalue weighted by Gasteiger charge is -2.04. The maximum absolute atomic E-state index is 11.9. The Kier molecular flexibility index (Phi) is 5.63. The smallest absolute Gasteiger partial charge is 0.255 e. The Morgan fingerprint density at radius 3 is 2.68 bits per heavy atom. The van der Waals surface area contributed by atoms with E-state index in [1.807, 2.05) is 32.9 Å². The summed E-state index contributed by atoms with van der Waals surface area (Å²) in [6, 6.07) is 7.05. The molecule has 0 saturated carbocycles. The van der Waals surface area contributed by atoms with Gasteiger partial charge in [-0.15, -0.1) is 6.42 Å². The van der Waals surface area contributed by atoms with Gasteiger partial charge < -0.3 is 5.32 Å². The van der Waals surface area contributed by atoms with Crippen LogP contribution in [0.1, 0.15) is 43.1 Å². The Hall–Kier alpha value is -2.27. The fourth-order valence-corrected chi connectivity index (χ4v) is 1.69. The molecule has 0 radical (unpaired) electrons. The maximum atomic E-state index is 11.9. The third kappa shape index (κ3) is 4.15. The summed E-state index contributed by atoms with van der Waals surface area (Å²) in [6.07, 6.45) is 10.2. The van der Waals surface area contributed by atoms with Crippen molar-refractivity contribution in [3.63, 3.8) is 0 Å². The molecule has 0 saturated heterocycles. The molecule has 1 N–H and O–H groups in total. The first-order valence-electron chi connectivity index (χ1n) is 6.44. The summed E-state index contributed by atoms with van der Waals surface area (Å²) in [5.41, 5.74) is 3.40. The van der Waals surface area contributed by atoms with Gasteiger partial charge in [-0.05, 0) is 37.6 Å². The zero-order chi connectivity index (χ0) is 14.3. The Bertz CT molecular complexity index is 559. The Balaban J connectivity index is 0.000000861. The van der Waals surface area contributed by atoms with E-state index >= 15 is 0 Å². The molecule has 0 unspecified atom stereocenters. The van der Waals surface area contributed by atoms with Crippen LogP contribution >= 0.6 is 0 Å². The molecule has 98 valence electrons. The number of rotatable bonds is 2. The second kappa shape index (κ2) is 7.23. The van der Waals surface area contributed by atoms with Crippen LogP contribution in [-0.2, 0) is 0 Å². The summed E-state index contributed by atoms with van der Waals surface area (Å²) >= 11 is 0. The molecule has 0 heterocycles. The van der Waals surface area contributed by atoms with Gasteiger partial charge in [0.1, 0.15) is 0 Å². The molecule has 2 rings (SSSR count). The lowest BCUT2D eigenvalue weighted by molar-refractivity contribution is 0.0967. The second-order valence-corrected chi connectivity index (χ2v) is 4.03. The first-order chi connectivity index (χ1) is 9.19. The first-order valence-corrected chi connectivity index (χ1v) is 6.44. The van der Waals surface area contributed by atoms with Crippen LogP contribution in [0, 0.1) is 12.3 Å². The lowest BCUT2D eigenvalue weighted by atomic mass is 10.1. The third-order valence-electron chi connectivity index (χ3n) is 2.60. The van der Waals surface area contributed by atoms with Crippen LogP contribution in [-0.4, -0.2) is 5.91 Å². The Morgan fingerprint density at radius 2 is 2.11 bits per heavy atom. The monoisotopic (exact) mass is 253 g/mol. The molecule has 19 heavy (non-hydrogen) atoms. The van der Waals surface area contributed by atoms with Gasteiger partial charge in [0.15, 0.2) is 0 Å². The molecule has 0 bridgehead atoms. The van der Waals surface area contributed by atoms with Gasteiger partial charge in [-0.25, -0.2) is 0 Å². The van der Waals surface area contributed by atoms with E-state index in [1.165, 1.54) is 5.57 Å². The molecule has 1 aromatic rings. The van der Waals surface area contributed by atoms with E-state index in [4.69, 9.17) is 6.42 Å². The van der Waals surface area contributed by atoms with Gasteiger partial charge in [-0.3, -0.25) is 4.79 Å². The quantitative estimate of drug-likeness (QED) is 0.801. The van der Waals surface area contributed by atoms with Crippen molar-refractivity contribution in [1.29, 1.82) is 0 Å². The van der Waals surface area contributed by atoms with Crippen LogP contribution in [0.25, 0.3) is 0 Å². The van der Waals surface area contributed by atoms with Crippen molar-refractivity contribution in [3.8, 4) is 12.3 Å². The van der Waals surface area contributed by atoms with E-state index in [1.54, 1.807) is 24.3 Å². The van der Waals surface area contributed by atoms with E-state index < -0.39 is 0 Å². The van der Waals surface area contributed by atoms with Crippen molar-refractivity contribution in [3.05, 3.63) is 58.8 Å². The van der Waals surface area contributed by atoms with E-state index in [9.17, 15) is 4.79 Å². The number of carbonyl (C=O) groups excluding carboxylic acids is 1. The van der Waals surface area contributed by atoms with Crippen molar-refractivity contribution in [2.45, 2.75) is 27.2 Å². The molecule has 1 amide bonds. The lowest BCUT2D eigenvalue weighted by Crippen LogP contribution is -2.21. The fourth-order valence-electron chi connectivity index (χ4n) is 1.69. The number of hydrogen-bond acceptors (Lipinski definition) is 1. The molecule has 2 nitrogen and oxygen atoms in total. The van der Waals surface area contributed by atoms with E-state index in [0.29, 0.717) is 11.1 Å². The molecule has 2 heteroatoms. The molecular weight excluding hydrogens is 234 g/mol. The highest BCUT2D eigenvalue weighted by Gasteiger charge is 2.09. The molecule has 1 aliphatic carbocycles. The highest BCUT2D eigenvalue weighted by atomic mass is 16.1. The van der Waals surface area contributed by atoms with Gasteiger partial charge in [-0.1, -0.05) is 37.5 Å². The molecule has 0 aliphatic heterocycles. The Labute approximate surface area is 115 Å². The van der Waals surface area contributed by atoms with Crippen LogP contribution in [0.15, 0.2) is 47.7 Å². The average molecular weight is 253 g/mol. The normalized spacial score (nSPS) is 12.5. The SMILES string of the molecule is C#Cc1cccc(C(=O)NC2=CCC(C)=C2)c1.CC. The van der Waals surface area contributed by atoms with Crippen molar-refractivity contribution in [2.24, 2.45) is 0 Å². The van der Waals surface area contributed by atoms with E-state index in [0.717, 1.165) is 12.1 Å². The molecule has 0 aromatic heterocycles. The molecular formula is C17H19NO. The van der Waals surface area contributed by atoms with E-state index in [2.05, 4.69) is 11.2 Å². The number of amides is 1. The second-order valence-electron chi connectivity index (χ2n) is 4.03. The summed E-state index contributed by atoms with van der Waals surface area (Å²) in [4.78, 5) is 11.9. The number of allylic oxidation sites excluding steroid dienone is 3. The standard InChI is InChI=1S/C15H13NO.C2H6/c1-3-12-5-4-6-13(10-12)15(17)16-14-8-7-11(2)9-14;1-2/h1,4-6,8-10H,7H2,2H3,(H,16,17);1-2H3. The predicted molar refractivity (Wildman–Crippen MR) is 79.6 cm³/mol. The van der Waals surface area contributed by atoms with Crippen molar-refractivity contribution < 1.29 is 4.79 Å². The molecule has 0 atom stereocenters. The highest BCUT2D eigenvalue weighted by Crippen LogP contribution is 2.15. The number of terminal acetylenes is 1. The summed E-state index contributed by atoms with van der Waals surface area (Å²) in [5, 5.41) is 2.85. The molecule has 1 aromatic carbocycles. The molecule has 0 fully saturated rings. The van der Waals surface area contributed by atoms with Crippen LogP contribution in [0.5, 0.6) is 0 Å². The topological polar surface area (TPSA) is 29.1 Å². The van der Waals surface area contributed by atoms with Crippen LogP contribution in [0.3, 0.4) is 0 Å². The van der Waals surface area contributed by atoms with E-state index in [-0.39, 0.29) is 5.91 Å². The van der Waals surface area contributed by atoms with Crippen molar-refractivity contribution in [2.75, 3.05) is 0 Å². The van der Waals surface area contributed by atoms with Crippen LogP contribution in [0.4, 0.5) is 0 Å². The summed E-state index contributed by atoms with van der Waals surface area (Å²) in [7, 11) is 0. The number of nitrogens with one attached hydrogen (secondary N) is 1. The molecule has 1 aliphatic rings. The minimum atomic E-state index is -0.126. The predicted octanol–water partition coefficient (Wildman–Crippen LogP) is 3.66. The number of benzene rings is 1. The van der Waals surface area contributed by atoms with Crippen LogP contribution < -0.4 is 5.32 Å². The van der Waals surface area contributed by atoms with Crippen LogP contribution in [0.2, 0.25) is 0 Å². The number of carbonyl (C=O) groups is 1. The zero-order valence-corrected chi connectivity index (χ0v) is 11.7. The summed E-state index contributed by atoms with van der Waals surface area (Å²) in [5.74, 6) is 2.39. The largest absolute Gasteiger partial charge is 0.322 e. The van der Waals surface area contributed by atoms with Gasteiger partial charge in [-0.2, -0.15) is 0 Å². The minimum absolute atomic E-state index is 0.126. The highest BCUT2D eigenvalue weighted by molar-refractivity contribution is 5.96. The Morgan fingerprint density at radius 1 is 1.37 bits per heavy atom. The van der Waals surface area contributed by atoms with Gasteiger partial charge in [0.2, 0.25) is 0 Å². The number of hydrogen-bond donors (Lipinski definition) is 1. The van der Waals surface area contributed by atoms with Crippen molar-refractivity contribution >= 4 is 5.91 Å². The molecule has 0 spiro atoms. The summed E-state index contributed by atoms with van der Waals surface area (Å²) < 4.78 is 0. The van der Waals surface area contributed by atoms with Gasteiger partial charge in [0.05, 0.1) is 0 Å². The van der Waals surface area contributed by atoms with Gasteiger partial charge in [0.25, 0.3) is 5.91 Å². The van der Waals surface area contributed by atoms with Gasteiger partial charge >= 0.3 is 0 Å². The van der Waals surface area contributed by atoms with Gasteiger partial charge in [0, 0.05) is 16.8 Å². The zero-order valence-electron chi connectivity index (χ0n) is 11.7. The maximum Gasteiger partial charge on any atom is 0.255 e. The third-order valence-corrected chi connectivity index (χ3v) is 2.60. The first kappa shape index (κ1) is 14.8. The minimum Gasteiger partial charge on any atom is -0.322 e. The summed E-state index contributed by atoms with van der Waals surface area (Å²) in [6.45, 7) is 6.04. The fraction of sp³-hybridized carbons (Fsp3) is 0.235.